The summed E-state index contributed by atoms with van der Waals surface area (Å²) in [5.41, 5.74) is 4.93. The molecule has 2 N–H and O–H groups in total. The standard InChI is InChI=1S/C23H18ClN3O2S/c1-14-17(22-25-19-6-2-3-8-20(19)29-22)5-4-7-18(14)26-23(30)27-21(28)13-15-9-11-16(24)12-10-15/h2-12H,13H2,1H3,(H2,26,27,28,30). The van der Waals surface area contributed by atoms with E-state index in [4.69, 9.17) is 28.2 Å². The minimum Gasteiger partial charge on any atom is -0.436 e. The molecule has 3 aromatic carbocycles. The Morgan fingerprint density at radius 2 is 1.83 bits per heavy atom. The quantitative estimate of drug-likeness (QED) is 0.413. The Balaban J connectivity index is 1.46. The van der Waals surface area contributed by atoms with Crippen LogP contribution in [0.15, 0.2) is 71.1 Å². The van der Waals surface area contributed by atoms with Gasteiger partial charge in [0.25, 0.3) is 0 Å². The largest absolute Gasteiger partial charge is 0.436 e. The van der Waals surface area contributed by atoms with Gasteiger partial charge in [-0.25, -0.2) is 4.98 Å². The van der Waals surface area contributed by atoms with Crippen LogP contribution in [0.4, 0.5) is 5.69 Å². The average Bonchev–Trinajstić information content (AvgIpc) is 3.15. The summed E-state index contributed by atoms with van der Waals surface area (Å²) in [6.45, 7) is 1.95. The van der Waals surface area contributed by atoms with Crippen LogP contribution in [0.2, 0.25) is 5.02 Å². The minimum atomic E-state index is -0.206. The van der Waals surface area contributed by atoms with Crippen molar-refractivity contribution in [3.8, 4) is 11.5 Å². The van der Waals surface area contributed by atoms with E-state index in [1.807, 2.05) is 61.5 Å². The molecule has 0 aliphatic heterocycles. The Morgan fingerprint density at radius 3 is 2.60 bits per heavy atom. The topological polar surface area (TPSA) is 67.2 Å². The fourth-order valence-electron chi connectivity index (χ4n) is 3.10. The maximum absolute atomic E-state index is 12.3. The summed E-state index contributed by atoms with van der Waals surface area (Å²) in [7, 11) is 0. The molecule has 0 aliphatic rings. The van der Waals surface area contributed by atoms with Crippen LogP contribution in [0.25, 0.3) is 22.6 Å². The van der Waals surface area contributed by atoms with E-state index < -0.39 is 0 Å². The third-order valence-corrected chi connectivity index (χ3v) is 5.09. The van der Waals surface area contributed by atoms with Crippen molar-refractivity contribution in [2.45, 2.75) is 13.3 Å². The molecule has 1 aromatic heterocycles. The summed E-state index contributed by atoms with van der Waals surface area (Å²) < 4.78 is 5.88. The van der Waals surface area contributed by atoms with E-state index in [9.17, 15) is 4.79 Å². The number of thiocarbonyl (C=S) groups is 1. The number of anilines is 1. The number of fused-ring (bicyclic) bond motifs is 1. The monoisotopic (exact) mass is 435 g/mol. The number of benzene rings is 3. The molecule has 1 heterocycles. The fourth-order valence-corrected chi connectivity index (χ4v) is 3.45. The van der Waals surface area contributed by atoms with Crippen molar-refractivity contribution in [2.75, 3.05) is 5.32 Å². The van der Waals surface area contributed by atoms with Crippen LogP contribution in [0.1, 0.15) is 11.1 Å². The van der Waals surface area contributed by atoms with Crippen molar-refractivity contribution in [3.05, 3.63) is 82.9 Å². The lowest BCUT2D eigenvalue weighted by Gasteiger charge is -2.13. The lowest BCUT2D eigenvalue weighted by Crippen LogP contribution is -2.35. The minimum absolute atomic E-state index is 0.206. The van der Waals surface area contributed by atoms with Gasteiger partial charge < -0.3 is 15.1 Å². The van der Waals surface area contributed by atoms with Crippen LogP contribution in [-0.2, 0) is 11.2 Å². The molecular formula is C23H18ClN3O2S. The zero-order chi connectivity index (χ0) is 21.1. The van der Waals surface area contributed by atoms with E-state index in [1.165, 1.54) is 0 Å². The second kappa shape index (κ2) is 8.65. The highest BCUT2D eigenvalue weighted by molar-refractivity contribution is 7.80. The molecule has 0 fully saturated rings. The van der Waals surface area contributed by atoms with Crippen LogP contribution in [0.5, 0.6) is 0 Å². The predicted octanol–water partition coefficient (Wildman–Crippen LogP) is 5.51. The zero-order valence-corrected chi connectivity index (χ0v) is 17.7. The van der Waals surface area contributed by atoms with Crippen LogP contribution in [0, 0.1) is 6.92 Å². The molecule has 150 valence electrons. The summed E-state index contributed by atoms with van der Waals surface area (Å²) >= 11 is 11.2. The molecule has 1 amide bonds. The molecule has 4 rings (SSSR count). The van der Waals surface area contributed by atoms with E-state index in [0.29, 0.717) is 10.9 Å². The van der Waals surface area contributed by atoms with E-state index in [1.54, 1.807) is 12.1 Å². The van der Waals surface area contributed by atoms with Gasteiger partial charge in [0.2, 0.25) is 11.8 Å². The normalized spacial score (nSPS) is 10.7. The number of carbonyl (C=O) groups is 1. The van der Waals surface area contributed by atoms with Crippen molar-refractivity contribution >= 4 is 51.6 Å². The number of amides is 1. The van der Waals surface area contributed by atoms with Gasteiger partial charge in [0.05, 0.1) is 6.42 Å². The van der Waals surface area contributed by atoms with Gasteiger partial charge in [0.1, 0.15) is 5.52 Å². The molecule has 0 unspecified atom stereocenters. The van der Waals surface area contributed by atoms with Crippen molar-refractivity contribution in [2.24, 2.45) is 0 Å². The summed E-state index contributed by atoms with van der Waals surface area (Å²) in [6.07, 6.45) is 0.209. The first-order chi connectivity index (χ1) is 14.5. The molecule has 0 saturated heterocycles. The second-order valence-electron chi connectivity index (χ2n) is 6.77. The molecule has 30 heavy (non-hydrogen) atoms. The third kappa shape index (κ3) is 4.50. The van der Waals surface area contributed by atoms with Gasteiger partial charge in [-0.15, -0.1) is 0 Å². The Hall–Kier alpha value is -3.22. The Kier molecular flexibility index (Phi) is 5.79. The SMILES string of the molecule is Cc1c(NC(=S)NC(=O)Cc2ccc(Cl)cc2)cccc1-c1nc2ccccc2o1. The Labute approximate surface area is 184 Å². The number of nitrogens with zero attached hydrogens (tertiary/aromatic N) is 1. The van der Waals surface area contributed by atoms with E-state index in [-0.39, 0.29) is 17.4 Å². The third-order valence-electron chi connectivity index (χ3n) is 4.64. The van der Waals surface area contributed by atoms with E-state index >= 15 is 0 Å². The number of hydrogen-bond acceptors (Lipinski definition) is 4. The first kappa shape index (κ1) is 20.1. The molecule has 0 aliphatic carbocycles. The van der Waals surface area contributed by atoms with Crippen molar-refractivity contribution < 1.29 is 9.21 Å². The molecule has 0 atom stereocenters. The van der Waals surface area contributed by atoms with Gasteiger partial charge in [-0.3, -0.25) is 4.79 Å². The van der Waals surface area contributed by atoms with Gasteiger partial charge in [0.15, 0.2) is 10.7 Å². The maximum Gasteiger partial charge on any atom is 0.230 e. The van der Waals surface area contributed by atoms with Crippen molar-refractivity contribution in [1.29, 1.82) is 0 Å². The Morgan fingerprint density at radius 1 is 1.07 bits per heavy atom. The fraction of sp³-hybridized carbons (Fsp3) is 0.0870. The number of aromatic nitrogens is 1. The number of rotatable bonds is 4. The van der Waals surface area contributed by atoms with Crippen molar-refractivity contribution in [3.63, 3.8) is 0 Å². The highest BCUT2D eigenvalue weighted by atomic mass is 35.5. The number of nitrogens with one attached hydrogen (secondary N) is 2. The number of carbonyl (C=O) groups excluding carboxylic acids is 1. The number of para-hydroxylation sites is 2. The van der Waals surface area contributed by atoms with Gasteiger partial charge in [-0.1, -0.05) is 41.9 Å². The highest BCUT2D eigenvalue weighted by Crippen LogP contribution is 2.30. The lowest BCUT2D eigenvalue weighted by molar-refractivity contribution is -0.119. The van der Waals surface area contributed by atoms with E-state index in [2.05, 4.69) is 15.6 Å². The van der Waals surface area contributed by atoms with Gasteiger partial charge in [-0.2, -0.15) is 0 Å². The van der Waals surface area contributed by atoms with Crippen LogP contribution < -0.4 is 10.6 Å². The maximum atomic E-state index is 12.3. The van der Waals surface area contributed by atoms with Crippen molar-refractivity contribution in [1.82, 2.24) is 10.3 Å². The molecular weight excluding hydrogens is 418 g/mol. The van der Waals surface area contributed by atoms with Crippen LogP contribution in [-0.4, -0.2) is 16.0 Å². The molecule has 0 bridgehead atoms. The predicted molar refractivity (Wildman–Crippen MR) is 124 cm³/mol. The molecule has 4 aromatic rings. The van der Waals surface area contributed by atoms with Gasteiger partial charge >= 0.3 is 0 Å². The lowest BCUT2D eigenvalue weighted by atomic mass is 10.1. The zero-order valence-electron chi connectivity index (χ0n) is 16.1. The molecule has 0 spiro atoms. The summed E-state index contributed by atoms with van der Waals surface area (Å²) in [6, 6.07) is 20.5. The molecule has 7 heteroatoms. The second-order valence-corrected chi connectivity index (χ2v) is 7.62. The highest BCUT2D eigenvalue weighted by Gasteiger charge is 2.14. The number of hydrogen-bond donors (Lipinski definition) is 2. The molecule has 0 saturated carbocycles. The van der Waals surface area contributed by atoms with Gasteiger partial charge in [-0.05, 0) is 66.7 Å². The molecule has 0 radical (unpaired) electrons. The van der Waals surface area contributed by atoms with Crippen LogP contribution in [0.3, 0.4) is 0 Å². The number of halogens is 1. The number of oxazole rings is 1. The smallest absolute Gasteiger partial charge is 0.230 e. The first-order valence-electron chi connectivity index (χ1n) is 9.30. The summed E-state index contributed by atoms with van der Waals surface area (Å²) in [5.74, 6) is 0.331. The van der Waals surface area contributed by atoms with Crippen LogP contribution >= 0.6 is 23.8 Å². The van der Waals surface area contributed by atoms with E-state index in [0.717, 1.165) is 33.5 Å². The summed E-state index contributed by atoms with van der Waals surface area (Å²) in [5, 5.41) is 6.66. The molecule has 5 nitrogen and oxygen atoms in total. The first-order valence-corrected chi connectivity index (χ1v) is 10.1. The Bertz CT molecular complexity index is 1200. The summed E-state index contributed by atoms with van der Waals surface area (Å²) in [4.78, 5) is 16.8. The average molecular weight is 436 g/mol. The van der Waals surface area contributed by atoms with Gasteiger partial charge in [0, 0.05) is 16.3 Å².